The van der Waals surface area contributed by atoms with Crippen molar-refractivity contribution in [2.24, 2.45) is 0 Å². The molecule has 9 heteroatoms. The first-order valence-corrected chi connectivity index (χ1v) is 12.1. The molecule has 0 aliphatic carbocycles. The third-order valence-corrected chi connectivity index (χ3v) is 6.60. The van der Waals surface area contributed by atoms with E-state index in [2.05, 4.69) is 18.5 Å². The minimum atomic E-state index is -0.667. The van der Waals surface area contributed by atoms with Crippen LogP contribution in [-0.2, 0) is 20.9 Å². The Morgan fingerprint density at radius 1 is 1.11 bits per heavy atom. The molecule has 0 spiro atoms. The zero-order chi connectivity index (χ0) is 26.9. The number of nitrogens with one attached hydrogen (secondary N) is 1. The van der Waals surface area contributed by atoms with Gasteiger partial charge in [0.05, 0.1) is 17.9 Å². The third kappa shape index (κ3) is 4.72. The predicted octanol–water partition coefficient (Wildman–Crippen LogP) is 3.07. The largest absolute Gasteiger partial charge is 0.482 e. The Kier molecular flexibility index (Phi) is 7.15. The lowest BCUT2D eigenvalue weighted by molar-refractivity contribution is -0.129. The number of hydrogen-bond donors (Lipinski definition) is 1. The number of rotatable bonds is 8. The Balaban J connectivity index is 1.55. The first-order valence-electron chi connectivity index (χ1n) is 12.1. The van der Waals surface area contributed by atoms with Gasteiger partial charge in [-0.3, -0.25) is 24.1 Å². The Bertz CT molecular complexity index is 1330. The number of carbonyl (C=O) groups excluding carboxylic acids is 4. The number of anilines is 1. The Morgan fingerprint density at radius 2 is 1.84 bits per heavy atom. The molecular weight excluding hydrogens is 472 g/mol. The summed E-state index contributed by atoms with van der Waals surface area (Å²) in [5.74, 6) is -0.938. The van der Waals surface area contributed by atoms with Gasteiger partial charge in [0.1, 0.15) is 11.4 Å². The minimum Gasteiger partial charge on any atom is -0.482 e. The van der Waals surface area contributed by atoms with Crippen molar-refractivity contribution in [3.63, 3.8) is 0 Å². The summed E-state index contributed by atoms with van der Waals surface area (Å²) in [7, 11) is 1.69. The highest BCUT2D eigenvalue weighted by Crippen LogP contribution is 2.39. The van der Waals surface area contributed by atoms with Crippen molar-refractivity contribution in [2.75, 3.05) is 31.6 Å². The second-order valence-corrected chi connectivity index (χ2v) is 8.91. The van der Waals surface area contributed by atoms with Crippen LogP contribution >= 0.6 is 0 Å². The quantitative estimate of drug-likeness (QED) is 0.560. The van der Waals surface area contributed by atoms with E-state index < -0.39 is 5.91 Å². The lowest BCUT2D eigenvalue weighted by atomic mass is 9.96. The van der Waals surface area contributed by atoms with Gasteiger partial charge in [-0.05, 0) is 48.2 Å². The van der Waals surface area contributed by atoms with E-state index in [1.807, 2.05) is 32.0 Å². The van der Waals surface area contributed by atoms with Gasteiger partial charge in [0.2, 0.25) is 0 Å². The van der Waals surface area contributed by atoms with Gasteiger partial charge in [-0.25, -0.2) is 0 Å². The number of hydrogen-bond acceptors (Lipinski definition) is 5. The summed E-state index contributed by atoms with van der Waals surface area (Å²) in [5.41, 5.74) is 3.30. The third-order valence-electron chi connectivity index (χ3n) is 6.60. The van der Waals surface area contributed by atoms with E-state index in [4.69, 9.17) is 4.74 Å². The van der Waals surface area contributed by atoms with Crippen molar-refractivity contribution in [1.82, 2.24) is 15.1 Å². The van der Waals surface area contributed by atoms with Crippen molar-refractivity contribution in [3.05, 3.63) is 72.1 Å². The van der Waals surface area contributed by atoms with Crippen LogP contribution in [0.4, 0.5) is 5.69 Å². The fraction of sp³-hybridized carbons (Fsp3) is 0.286. The SMILES string of the molecule is C=C(NC(=O)C(=C)N1Cc2c(cccc2-c2ccc3c(c2)N(C)C(=O)CO3)C1=O)C(=O)N(CC)CCC. The summed E-state index contributed by atoms with van der Waals surface area (Å²) in [4.78, 5) is 55.3. The van der Waals surface area contributed by atoms with Crippen LogP contribution < -0.4 is 15.0 Å². The second kappa shape index (κ2) is 10.3. The molecule has 4 amide bonds. The molecule has 0 bridgehead atoms. The summed E-state index contributed by atoms with van der Waals surface area (Å²) in [6, 6.07) is 10.9. The highest BCUT2D eigenvalue weighted by Gasteiger charge is 2.34. The topological polar surface area (TPSA) is 99.3 Å². The maximum Gasteiger partial charge on any atom is 0.271 e. The zero-order valence-electron chi connectivity index (χ0n) is 21.3. The van der Waals surface area contributed by atoms with Gasteiger partial charge in [0.15, 0.2) is 6.61 Å². The van der Waals surface area contributed by atoms with E-state index in [9.17, 15) is 19.2 Å². The van der Waals surface area contributed by atoms with Crippen molar-refractivity contribution in [3.8, 4) is 16.9 Å². The van der Waals surface area contributed by atoms with Crippen molar-refractivity contribution >= 4 is 29.3 Å². The molecule has 0 saturated carbocycles. The number of likely N-dealkylation sites (N-methyl/N-ethyl adjacent to an activating group) is 2. The van der Waals surface area contributed by atoms with E-state index >= 15 is 0 Å². The molecule has 0 atom stereocenters. The average molecular weight is 503 g/mol. The van der Waals surface area contributed by atoms with E-state index in [1.165, 1.54) is 4.90 Å². The van der Waals surface area contributed by atoms with Gasteiger partial charge in [-0.2, -0.15) is 0 Å². The minimum absolute atomic E-state index is 0.00960. The Hall–Kier alpha value is -4.40. The van der Waals surface area contributed by atoms with Gasteiger partial charge in [-0.1, -0.05) is 38.3 Å². The molecule has 2 aliphatic rings. The molecule has 37 heavy (non-hydrogen) atoms. The van der Waals surface area contributed by atoms with Gasteiger partial charge >= 0.3 is 0 Å². The first kappa shape index (κ1) is 25.7. The summed E-state index contributed by atoms with van der Waals surface area (Å²) >= 11 is 0. The molecule has 4 rings (SSSR count). The molecule has 0 saturated heterocycles. The van der Waals surface area contributed by atoms with Crippen LogP contribution in [0.3, 0.4) is 0 Å². The number of fused-ring (bicyclic) bond motifs is 2. The number of benzene rings is 2. The number of amides is 4. The summed E-state index contributed by atoms with van der Waals surface area (Å²) in [6.45, 7) is 12.5. The molecule has 0 aromatic heterocycles. The fourth-order valence-corrected chi connectivity index (χ4v) is 4.51. The van der Waals surface area contributed by atoms with Crippen molar-refractivity contribution < 1.29 is 23.9 Å². The van der Waals surface area contributed by atoms with E-state index in [-0.39, 0.29) is 42.3 Å². The van der Waals surface area contributed by atoms with E-state index in [0.717, 1.165) is 23.1 Å². The van der Waals surface area contributed by atoms with Crippen LogP contribution in [0, 0.1) is 0 Å². The highest BCUT2D eigenvalue weighted by atomic mass is 16.5. The molecule has 0 unspecified atom stereocenters. The second-order valence-electron chi connectivity index (χ2n) is 8.91. The Morgan fingerprint density at radius 3 is 2.54 bits per heavy atom. The van der Waals surface area contributed by atoms with E-state index in [0.29, 0.717) is 30.1 Å². The normalized spacial score (nSPS) is 14.0. The van der Waals surface area contributed by atoms with Gasteiger partial charge in [0.25, 0.3) is 23.6 Å². The van der Waals surface area contributed by atoms with Crippen LogP contribution in [0.1, 0.15) is 36.2 Å². The maximum atomic E-state index is 13.2. The van der Waals surface area contributed by atoms with E-state index in [1.54, 1.807) is 35.0 Å². The first-order chi connectivity index (χ1) is 17.7. The molecule has 9 nitrogen and oxygen atoms in total. The molecule has 1 N–H and O–H groups in total. The summed E-state index contributed by atoms with van der Waals surface area (Å²) < 4.78 is 5.52. The maximum absolute atomic E-state index is 13.2. The molecule has 0 radical (unpaired) electrons. The lowest BCUT2D eigenvalue weighted by Crippen LogP contribution is -2.40. The van der Waals surface area contributed by atoms with Gasteiger partial charge in [0, 0.05) is 25.7 Å². The Labute approximate surface area is 216 Å². The molecule has 0 fully saturated rings. The molecule has 2 heterocycles. The predicted molar refractivity (Wildman–Crippen MR) is 140 cm³/mol. The van der Waals surface area contributed by atoms with Crippen LogP contribution in [0.25, 0.3) is 11.1 Å². The van der Waals surface area contributed by atoms with Gasteiger partial charge in [-0.15, -0.1) is 0 Å². The highest BCUT2D eigenvalue weighted by molar-refractivity contribution is 6.08. The molecule has 2 aromatic rings. The zero-order valence-corrected chi connectivity index (χ0v) is 21.3. The van der Waals surface area contributed by atoms with Crippen molar-refractivity contribution in [2.45, 2.75) is 26.8 Å². The fourth-order valence-electron chi connectivity index (χ4n) is 4.51. The van der Waals surface area contributed by atoms with Gasteiger partial charge < -0.3 is 19.9 Å². The van der Waals surface area contributed by atoms with Crippen LogP contribution in [0.5, 0.6) is 5.75 Å². The standard InChI is InChI=1S/C28H30N4O5/c1-6-13-31(7-2)27(35)17(3)29-26(34)18(4)32-15-22-20(9-8-10-21(22)28(32)36)19-11-12-24-23(14-19)30(5)25(33)16-37-24/h8-12,14H,3-4,6-7,13,15-16H2,1-2,5H3,(H,29,34). The molecule has 192 valence electrons. The molecule has 2 aliphatic heterocycles. The average Bonchev–Trinajstić information content (AvgIpc) is 3.24. The van der Waals surface area contributed by atoms with Crippen molar-refractivity contribution in [1.29, 1.82) is 0 Å². The number of nitrogens with zero attached hydrogens (tertiary/aromatic N) is 3. The molecule has 2 aromatic carbocycles. The lowest BCUT2D eigenvalue weighted by Gasteiger charge is -2.26. The number of ether oxygens (including phenoxy) is 1. The van der Waals surface area contributed by atoms with Crippen LogP contribution in [0.15, 0.2) is 61.0 Å². The van der Waals surface area contributed by atoms with Crippen LogP contribution in [0.2, 0.25) is 0 Å². The smallest absolute Gasteiger partial charge is 0.271 e. The summed E-state index contributed by atoms with van der Waals surface area (Å²) in [5, 5.41) is 2.50. The summed E-state index contributed by atoms with van der Waals surface area (Å²) in [6.07, 6.45) is 0.778. The number of carbonyl (C=O) groups is 4. The molecular formula is C28H30N4O5. The monoisotopic (exact) mass is 502 g/mol. The van der Waals surface area contributed by atoms with Crippen LogP contribution in [-0.4, -0.2) is 60.2 Å².